The van der Waals surface area contributed by atoms with Crippen molar-refractivity contribution >= 4 is 17.5 Å². The van der Waals surface area contributed by atoms with Gasteiger partial charge in [0.05, 0.1) is 6.54 Å². The minimum atomic E-state index is -0.499. The minimum absolute atomic E-state index is 0.0515. The Hall–Kier alpha value is -2.82. The number of amides is 2. The number of primary amides is 1. The topological polar surface area (TPSA) is 75.4 Å². The minimum Gasteiger partial charge on any atom is -0.381 e. The number of nitrogens with one attached hydrogen (secondary N) is 1. The molecule has 0 aromatic heterocycles. The summed E-state index contributed by atoms with van der Waals surface area (Å²) in [6, 6.07) is 12.0. The second kappa shape index (κ2) is 6.35. The van der Waals surface area contributed by atoms with Gasteiger partial charge in [0.1, 0.15) is 0 Å². The van der Waals surface area contributed by atoms with Crippen LogP contribution in [0.2, 0.25) is 0 Å². The van der Waals surface area contributed by atoms with E-state index in [4.69, 9.17) is 5.73 Å². The van der Waals surface area contributed by atoms with Gasteiger partial charge in [0.15, 0.2) is 0 Å². The predicted octanol–water partition coefficient (Wildman–Crippen LogP) is 2.36. The van der Waals surface area contributed by atoms with Crippen LogP contribution in [0.15, 0.2) is 36.4 Å². The third kappa shape index (κ3) is 3.11. The molecule has 0 bridgehead atoms. The van der Waals surface area contributed by atoms with Gasteiger partial charge in [0, 0.05) is 29.9 Å². The Morgan fingerprint density at radius 1 is 1.21 bits per heavy atom. The number of aryl methyl sites for hydroxylation is 2. The predicted molar refractivity (Wildman–Crippen MR) is 93.6 cm³/mol. The average Bonchev–Trinajstić information content (AvgIpc) is 2.85. The summed E-state index contributed by atoms with van der Waals surface area (Å²) in [4.78, 5) is 24.9. The molecule has 124 valence electrons. The maximum Gasteiger partial charge on any atom is 0.255 e. The molecule has 0 spiro atoms. The molecule has 24 heavy (non-hydrogen) atoms. The molecule has 0 atom stereocenters. The second-order valence-electron chi connectivity index (χ2n) is 6.23. The van der Waals surface area contributed by atoms with Crippen LogP contribution in [0.4, 0.5) is 5.69 Å². The first-order valence-corrected chi connectivity index (χ1v) is 7.95. The highest BCUT2D eigenvalue weighted by Crippen LogP contribution is 2.29. The molecule has 1 aliphatic heterocycles. The Morgan fingerprint density at radius 3 is 2.71 bits per heavy atom. The van der Waals surface area contributed by atoms with E-state index in [0.717, 1.165) is 11.3 Å². The Morgan fingerprint density at radius 2 is 2.00 bits per heavy atom. The van der Waals surface area contributed by atoms with E-state index in [1.807, 2.05) is 12.1 Å². The second-order valence-corrected chi connectivity index (χ2v) is 6.23. The summed E-state index contributed by atoms with van der Waals surface area (Å²) in [5.41, 5.74) is 11.4. The maximum atomic E-state index is 12.3. The average molecular weight is 323 g/mol. The van der Waals surface area contributed by atoms with E-state index >= 15 is 0 Å². The van der Waals surface area contributed by atoms with E-state index in [1.165, 1.54) is 21.6 Å². The van der Waals surface area contributed by atoms with Gasteiger partial charge in [-0.3, -0.25) is 9.59 Å². The van der Waals surface area contributed by atoms with Crippen molar-refractivity contribution < 1.29 is 9.59 Å². The summed E-state index contributed by atoms with van der Waals surface area (Å²) in [6.45, 7) is 5.23. The van der Waals surface area contributed by atoms with Crippen LogP contribution in [0.3, 0.4) is 0 Å². The highest BCUT2D eigenvalue weighted by molar-refractivity contribution is 6.01. The molecule has 0 fully saturated rings. The molecule has 0 saturated heterocycles. The standard InChI is InChI=1S/C19H21N3O2/c1-12-6-7-14(8-13(12)2)9-21-17-5-3-4-15-16(17)10-22(19(15)24)11-18(20)23/h3-8,21H,9-11H2,1-2H3,(H2,20,23). The van der Waals surface area contributed by atoms with E-state index in [0.29, 0.717) is 18.7 Å². The van der Waals surface area contributed by atoms with Crippen molar-refractivity contribution in [2.45, 2.75) is 26.9 Å². The summed E-state index contributed by atoms with van der Waals surface area (Å²) in [5.74, 6) is -0.639. The number of hydrogen-bond acceptors (Lipinski definition) is 3. The van der Waals surface area contributed by atoms with Crippen molar-refractivity contribution in [1.82, 2.24) is 4.90 Å². The molecule has 1 heterocycles. The van der Waals surface area contributed by atoms with Gasteiger partial charge in [-0.05, 0) is 42.7 Å². The van der Waals surface area contributed by atoms with E-state index in [-0.39, 0.29) is 12.5 Å². The van der Waals surface area contributed by atoms with E-state index in [1.54, 1.807) is 6.07 Å². The van der Waals surface area contributed by atoms with E-state index in [9.17, 15) is 9.59 Å². The molecule has 1 aliphatic rings. The molecule has 2 amide bonds. The summed E-state index contributed by atoms with van der Waals surface area (Å²) in [7, 11) is 0. The molecule has 2 aromatic rings. The highest BCUT2D eigenvalue weighted by Gasteiger charge is 2.29. The number of rotatable bonds is 5. The first-order chi connectivity index (χ1) is 11.5. The first kappa shape index (κ1) is 16.1. The molecule has 2 aromatic carbocycles. The number of nitrogens with zero attached hydrogens (tertiary/aromatic N) is 1. The van der Waals surface area contributed by atoms with Crippen LogP contribution in [0, 0.1) is 13.8 Å². The van der Waals surface area contributed by atoms with Gasteiger partial charge in [-0.15, -0.1) is 0 Å². The van der Waals surface area contributed by atoms with E-state index in [2.05, 4.69) is 37.4 Å². The normalized spacial score (nSPS) is 13.1. The zero-order chi connectivity index (χ0) is 17.3. The maximum absolute atomic E-state index is 12.3. The zero-order valence-corrected chi connectivity index (χ0v) is 13.9. The van der Waals surface area contributed by atoms with Crippen molar-refractivity contribution in [3.63, 3.8) is 0 Å². The molecule has 0 aliphatic carbocycles. The van der Waals surface area contributed by atoms with Crippen molar-refractivity contribution in [3.8, 4) is 0 Å². The van der Waals surface area contributed by atoms with Gasteiger partial charge in [-0.25, -0.2) is 0 Å². The third-order valence-corrected chi connectivity index (χ3v) is 4.44. The van der Waals surface area contributed by atoms with Crippen LogP contribution in [-0.4, -0.2) is 23.3 Å². The fourth-order valence-corrected chi connectivity index (χ4v) is 2.98. The number of anilines is 1. The van der Waals surface area contributed by atoms with Gasteiger partial charge in [0.25, 0.3) is 5.91 Å². The number of carbonyl (C=O) groups is 2. The Balaban J connectivity index is 1.78. The summed E-state index contributed by atoms with van der Waals surface area (Å²) >= 11 is 0. The van der Waals surface area contributed by atoms with Gasteiger partial charge in [0.2, 0.25) is 5.91 Å². The van der Waals surface area contributed by atoms with Crippen molar-refractivity contribution in [3.05, 3.63) is 64.2 Å². The fourth-order valence-electron chi connectivity index (χ4n) is 2.98. The van der Waals surface area contributed by atoms with Crippen molar-refractivity contribution in [1.29, 1.82) is 0 Å². The SMILES string of the molecule is Cc1ccc(CNc2cccc3c2CN(CC(N)=O)C3=O)cc1C. The third-order valence-electron chi connectivity index (χ3n) is 4.44. The first-order valence-electron chi connectivity index (χ1n) is 7.95. The molecular formula is C19H21N3O2. The highest BCUT2D eigenvalue weighted by atomic mass is 16.2. The number of carbonyl (C=O) groups excluding carboxylic acids is 2. The Bertz CT molecular complexity index is 814. The number of hydrogen-bond donors (Lipinski definition) is 2. The Kier molecular flexibility index (Phi) is 4.25. The van der Waals surface area contributed by atoms with E-state index < -0.39 is 5.91 Å². The fraction of sp³-hybridized carbons (Fsp3) is 0.263. The van der Waals surface area contributed by atoms with Crippen LogP contribution in [-0.2, 0) is 17.9 Å². The molecule has 0 unspecified atom stereocenters. The van der Waals surface area contributed by atoms with Gasteiger partial charge < -0.3 is 16.0 Å². The number of benzene rings is 2. The zero-order valence-electron chi connectivity index (χ0n) is 13.9. The van der Waals surface area contributed by atoms with Crippen LogP contribution < -0.4 is 11.1 Å². The summed E-state index contributed by atoms with van der Waals surface area (Å²) in [5, 5.41) is 3.41. The molecule has 3 rings (SSSR count). The molecule has 3 N–H and O–H groups in total. The quantitative estimate of drug-likeness (QED) is 0.887. The van der Waals surface area contributed by atoms with Crippen LogP contribution >= 0.6 is 0 Å². The lowest BCUT2D eigenvalue weighted by molar-refractivity contribution is -0.118. The Labute approximate surface area is 141 Å². The number of nitrogens with two attached hydrogens (primary N) is 1. The monoisotopic (exact) mass is 323 g/mol. The van der Waals surface area contributed by atoms with Crippen LogP contribution in [0.5, 0.6) is 0 Å². The smallest absolute Gasteiger partial charge is 0.255 e. The van der Waals surface area contributed by atoms with Gasteiger partial charge in [-0.2, -0.15) is 0 Å². The lowest BCUT2D eigenvalue weighted by Crippen LogP contribution is -2.33. The number of fused-ring (bicyclic) bond motifs is 1. The van der Waals surface area contributed by atoms with Crippen LogP contribution in [0.1, 0.15) is 32.6 Å². The van der Waals surface area contributed by atoms with Crippen LogP contribution in [0.25, 0.3) is 0 Å². The summed E-state index contributed by atoms with van der Waals surface area (Å²) < 4.78 is 0. The van der Waals surface area contributed by atoms with Crippen molar-refractivity contribution in [2.75, 3.05) is 11.9 Å². The van der Waals surface area contributed by atoms with Gasteiger partial charge in [-0.1, -0.05) is 24.3 Å². The van der Waals surface area contributed by atoms with Gasteiger partial charge >= 0.3 is 0 Å². The largest absolute Gasteiger partial charge is 0.381 e. The molecule has 0 radical (unpaired) electrons. The molecule has 0 saturated carbocycles. The van der Waals surface area contributed by atoms with Crippen molar-refractivity contribution in [2.24, 2.45) is 5.73 Å². The molecule has 5 nitrogen and oxygen atoms in total. The molecule has 5 heteroatoms. The summed E-state index contributed by atoms with van der Waals surface area (Å²) in [6.07, 6.45) is 0. The lowest BCUT2D eigenvalue weighted by atomic mass is 10.1. The molecular weight excluding hydrogens is 302 g/mol. The lowest BCUT2D eigenvalue weighted by Gasteiger charge is -2.14.